The molecule has 1 fully saturated rings. The number of anilines is 1. The number of hydrogen-bond acceptors (Lipinski definition) is 6. The van der Waals surface area contributed by atoms with E-state index in [0.29, 0.717) is 27.2 Å². The van der Waals surface area contributed by atoms with E-state index >= 15 is 0 Å². The number of aryl methyl sites for hydroxylation is 1. The molecule has 0 radical (unpaired) electrons. The first-order valence-electron chi connectivity index (χ1n) is 9.91. The Balaban J connectivity index is 1.49. The van der Waals surface area contributed by atoms with Gasteiger partial charge in [-0.15, -0.1) is 0 Å². The lowest BCUT2D eigenvalue weighted by Gasteiger charge is -2.30. The van der Waals surface area contributed by atoms with Crippen LogP contribution < -0.4 is 15.0 Å². The second kappa shape index (κ2) is 8.29. The van der Waals surface area contributed by atoms with Crippen LogP contribution in [0.3, 0.4) is 0 Å². The fourth-order valence-electron chi connectivity index (χ4n) is 3.79. The van der Waals surface area contributed by atoms with E-state index in [1.54, 1.807) is 23.5 Å². The molecule has 1 aromatic heterocycles. The van der Waals surface area contributed by atoms with E-state index in [0.717, 1.165) is 27.8 Å². The molecule has 1 N–H and O–H groups in total. The van der Waals surface area contributed by atoms with Gasteiger partial charge in [0, 0.05) is 5.56 Å². The largest absolute Gasteiger partial charge is 0.482 e. The number of benzene rings is 2. The minimum atomic E-state index is -0.214. The number of furan rings is 1. The Kier molecular flexibility index (Phi) is 5.32. The number of amides is 2. The fourth-order valence-corrected chi connectivity index (χ4v) is 4.83. The van der Waals surface area contributed by atoms with Gasteiger partial charge in [-0.05, 0) is 54.0 Å². The van der Waals surface area contributed by atoms with Gasteiger partial charge in [-0.3, -0.25) is 9.59 Å². The third-order valence-electron chi connectivity index (χ3n) is 5.20. The van der Waals surface area contributed by atoms with Crippen molar-refractivity contribution in [3.8, 4) is 16.9 Å². The molecule has 2 amide bonds. The van der Waals surface area contributed by atoms with Gasteiger partial charge in [-0.2, -0.15) is 0 Å². The van der Waals surface area contributed by atoms with Gasteiger partial charge in [0.25, 0.3) is 11.8 Å². The zero-order chi connectivity index (χ0) is 22.2. The maximum Gasteiger partial charge on any atom is 0.265 e. The Morgan fingerprint density at radius 2 is 2.03 bits per heavy atom. The molecule has 2 aliphatic heterocycles. The number of carbonyl (C=O) groups is 2. The molecule has 1 saturated heterocycles. The number of nitrogens with zero attached hydrogens (tertiary/aromatic N) is 1. The summed E-state index contributed by atoms with van der Waals surface area (Å²) in [5, 5.41) is 2.61. The standard InChI is InChI=1S/C24H18N2O4S2/c1-14-6-16(8-18(7-14)17-4-5-29-12-17)11-26-19-9-15(2-3-20(19)30-13-22(26)27)10-21-23(28)25-24(31)32-21/h2-10,12H,11,13H2,1H3,(H,25,28,31). The molecule has 0 atom stereocenters. The van der Waals surface area contributed by atoms with E-state index in [9.17, 15) is 9.59 Å². The maximum absolute atomic E-state index is 12.8. The molecule has 0 spiro atoms. The Morgan fingerprint density at radius 3 is 2.78 bits per heavy atom. The van der Waals surface area contributed by atoms with Crippen LogP contribution in [-0.4, -0.2) is 22.7 Å². The van der Waals surface area contributed by atoms with Gasteiger partial charge in [-0.1, -0.05) is 47.7 Å². The predicted molar refractivity (Wildman–Crippen MR) is 128 cm³/mol. The fraction of sp³-hybridized carbons (Fsp3) is 0.125. The molecule has 0 aliphatic carbocycles. The lowest BCUT2D eigenvalue weighted by molar-refractivity contribution is -0.121. The van der Waals surface area contributed by atoms with Crippen LogP contribution >= 0.6 is 24.0 Å². The van der Waals surface area contributed by atoms with Crippen molar-refractivity contribution in [2.24, 2.45) is 0 Å². The number of nitrogens with one attached hydrogen (secondary N) is 1. The monoisotopic (exact) mass is 462 g/mol. The van der Waals surface area contributed by atoms with E-state index in [4.69, 9.17) is 21.4 Å². The highest BCUT2D eigenvalue weighted by Crippen LogP contribution is 2.36. The van der Waals surface area contributed by atoms with Gasteiger partial charge < -0.3 is 19.4 Å². The van der Waals surface area contributed by atoms with Crippen LogP contribution in [0, 0.1) is 6.92 Å². The van der Waals surface area contributed by atoms with Gasteiger partial charge in [0.2, 0.25) is 0 Å². The van der Waals surface area contributed by atoms with Crippen LogP contribution in [0.5, 0.6) is 5.75 Å². The van der Waals surface area contributed by atoms with Crippen LogP contribution in [0.2, 0.25) is 0 Å². The van der Waals surface area contributed by atoms with Gasteiger partial charge in [0.15, 0.2) is 6.61 Å². The quantitative estimate of drug-likeness (QED) is 0.449. The molecule has 3 heterocycles. The zero-order valence-corrected chi connectivity index (χ0v) is 18.7. The van der Waals surface area contributed by atoms with Gasteiger partial charge in [-0.25, -0.2) is 0 Å². The third-order valence-corrected chi connectivity index (χ3v) is 6.36. The average molecular weight is 463 g/mol. The highest BCUT2D eigenvalue weighted by atomic mass is 32.2. The van der Waals surface area contributed by atoms with E-state index < -0.39 is 0 Å². The molecule has 6 nitrogen and oxygen atoms in total. The summed E-state index contributed by atoms with van der Waals surface area (Å²) >= 11 is 6.28. The molecule has 0 saturated carbocycles. The van der Waals surface area contributed by atoms with Crippen molar-refractivity contribution in [3.05, 3.63) is 76.6 Å². The van der Waals surface area contributed by atoms with Gasteiger partial charge in [0.1, 0.15) is 10.1 Å². The zero-order valence-electron chi connectivity index (χ0n) is 17.1. The first-order chi connectivity index (χ1) is 15.5. The lowest BCUT2D eigenvalue weighted by atomic mass is 10.0. The predicted octanol–water partition coefficient (Wildman–Crippen LogP) is 4.67. The summed E-state index contributed by atoms with van der Waals surface area (Å²) in [4.78, 5) is 27.1. The molecule has 0 unspecified atom stereocenters. The summed E-state index contributed by atoms with van der Waals surface area (Å²) in [6.07, 6.45) is 5.11. The molecule has 160 valence electrons. The number of rotatable bonds is 4. The summed E-state index contributed by atoms with van der Waals surface area (Å²) in [5.41, 5.74) is 5.59. The van der Waals surface area contributed by atoms with E-state index in [1.807, 2.05) is 31.2 Å². The molecule has 2 aromatic carbocycles. The molecule has 8 heteroatoms. The number of ether oxygens (including phenoxy) is 1. The number of thiocarbonyl (C=S) groups is 1. The molecule has 3 aromatic rings. The molecule has 2 aliphatic rings. The van der Waals surface area contributed by atoms with Gasteiger partial charge in [0.05, 0.1) is 29.7 Å². The molecular weight excluding hydrogens is 444 g/mol. The number of hydrogen-bond donors (Lipinski definition) is 1. The van der Waals surface area contributed by atoms with E-state index in [1.165, 1.54) is 11.8 Å². The van der Waals surface area contributed by atoms with Crippen molar-refractivity contribution in [1.82, 2.24) is 5.32 Å². The third kappa shape index (κ3) is 4.06. The summed E-state index contributed by atoms with van der Waals surface area (Å²) < 4.78 is 11.3. The van der Waals surface area contributed by atoms with Crippen LogP contribution in [0.1, 0.15) is 16.7 Å². The lowest BCUT2D eigenvalue weighted by Crippen LogP contribution is -2.38. The molecule has 0 bridgehead atoms. The van der Waals surface area contributed by atoms with Crippen LogP contribution in [0.25, 0.3) is 17.2 Å². The Labute approximate surface area is 194 Å². The average Bonchev–Trinajstić information content (AvgIpc) is 3.40. The van der Waals surface area contributed by atoms with Crippen molar-refractivity contribution in [1.29, 1.82) is 0 Å². The van der Waals surface area contributed by atoms with Crippen LogP contribution in [-0.2, 0) is 16.1 Å². The number of carbonyl (C=O) groups excluding carboxylic acids is 2. The highest BCUT2D eigenvalue weighted by molar-refractivity contribution is 8.26. The summed E-state index contributed by atoms with van der Waals surface area (Å²) in [7, 11) is 0. The maximum atomic E-state index is 12.8. The summed E-state index contributed by atoms with van der Waals surface area (Å²) in [6.45, 7) is 2.42. The van der Waals surface area contributed by atoms with Gasteiger partial charge >= 0.3 is 0 Å². The molecular formula is C24H18N2O4S2. The first-order valence-corrected chi connectivity index (χ1v) is 11.1. The topological polar surface area (TPSA) is 71.8 Å². The number of thioether (sulfide) groups is 1. The molecule has 32 heavy (non-hydrogen) atoms. The van der Waals surface area contributed by atoms with Crippen molar-refractivity contribution in [2.75, 3.05) is 11.5 Å². The Hall–Kier alpha value is -3.36. The smallest absolute Gasteiger partial charge is 0.265 e. The Morgan fingerprint density at radius 1 is 1.16 bits per heavy atom. The van der Waals surface area contributed by atoms with Crippen molar-refractivity contribution in [2.45, 2.75) is 13.5 Å². The summed E-state index contributed by atoms with van der Waals surface area (Å²) in [6, 6.07) is 13.7. The van der Waals surface area contributed by atoms with Crippen molar-refractivity contribution in [3.63, 3.8) is 0 Å². The number of fused-ring (bicyclic) bond motifs is 1. The van der Waals surface area contributed by atoms with Crippen LogP contribution in [0.4, 0.5) is 5.69 Å². The van der Waals surface area contributed by atoms with Crippen LogP contribution in [0.15, 0.2) is 64.3 Å². The van der Waals surface area contributed by atoms with E-state index in [2.05, 4.69) is 23.5 Å². The minimum Gasteiger partial charge on any atom is -0.482 e. The molecule has 5 rings (SSSR count). The normalized spacial score (nSPS) is 16.8. The highest BCUT2D eigenvalue weighted by Gasteiger charge is 2.27. The van der Waals surface area contributed by atoms with Crippen molar-refractivity contribution < 1.29 is 18.7 Å². The summed E-state index contributed by atoms with van der Waals surface area (Å²) in [5.74, 6) is 0.296. The SMILES string of the molecule is Cc1cc(CN2C(=O)COc3ccc(C=C4SC(=S)NC4=O)cc32)cc(-c2ccoc2)c1. The second-order valence-corrected chi connectivity index (χ2v) is 9.29. The second-order valence-electron chi connectivity index (χ2n) is 7.57. The minimum absolute atomic E-state index is 0.0135. The van der Waals surface area contributed by atoms with E-state index in [-0.39, 0.29) is 18.4 Å². The van der Waals surface area contributed by atoms with Crippen molar-refractivity contribution >= 4 is 51.9 Å². The Bertz CT molecular complexity index is 1280. The first kappa shape index (κ1) is 20.5.